The molecule has 31 heavy (non-hydrogen) atoms. The van der Waals surface area contributed by atoms with E-state index in [1.54, 1.807) is 36.4 Å². The molecule has 0 saturated carbocycles. The Balaban J connectivity index is 1.40. The van der Waals surface area contributed by atoms with E-state index >= 15 is 0 Å². The van der Waals surface area contributed by atoms with E-state index in [1.807, 2.05) is 6.92 Å². The van der Waals surface area contributed by atoms with Crippen LogP contribution in [0.3, 0.4) is 0 Å². The number of sulfonamides is 1. The second-order valence-electron chi connectivity index (χ2n) is 7.65. The van der Waals surface area contributed by atoms with Gasteiger partial charge in [0.05, 0.1) is 34.4 Å². The number of amides is 2. The molecule has 0 aliphatic carbocycles. The van der Waals surface area contributed by atoms with E-state index in [0.29, 0.717) is 11.1 Å². The Morgan fingerprint density at radius 1 is 1.03 bits per heavy atom. The van der Waals surface area contributed by atoms with Gasteiger partial charge < -0.3 is 9.47 Å². The zero-order valence-electron chi connectivity index (χ0n) is 16.5. The fourth-order valence-corrected chi connectivity index (χ4v) is 4.83. The molecule has 0 radical (unpaired) electrons. The number of benzene rings is 2. The number of imide groups is 1. The molecule has 2 amide bonds. The Morgan fingerprint density at radius 2 is 1.68 bits per heavy atom. The first-order valence-corrected chi connectivity index (χ1v) is 11.2. The normalized spacial score (nSPS) is 26.4. The molecule has 2 aromatic rings. The van der Waals surface area contributed by atoms with Crippen molar-refractivity contribution >= 4 is 27.5 Å². The molecule has 3 atom stereocenters. The second-order valence-corrected chi connectivity index (χ2v) is 9.31. The first-order chi connectivity index (χ1) is 14.8. The molecule has 0 spiro atoms. The molecule has 2 bridgehead atoms. The number of hydrogen-bond acceptors (Lipinski definition) is 7. The molecule has 10 heteroatoms. The van der Waals surface area contributed by atoms with E-state index in [1.165, 1.54) is 17.0 Å². The van der Waals surface area contributed by atoms with Gasteiger partial charge in [-0.2, -0.15) is 18.4 Å². The van der Waals surface area contributed by atoms with E-state index in [2.05, 4.69) is 9.93 Å². The number of rotatable bonds is 4. The Labute approximate surface area is 178 Å². The lowest BCUT2D eigenvalue weighted by atomic mass is 10.0. The first-order valence-electron chi connectivity index (χ1n) is 9.74. The minimum absolute atomic E-state index is 0.0706. The van der Waals surface area contributed by atoms with Gasteiger partial charge in [-0.1, -0.05) is 29.8 Å². The molecule has 160 valence electrons. The van der Waals surface area contributed by atoms with E-state index in [0.717, 1.165) is 5.56 Å². The van der Waals surface area contributed by atoms with Gasteiger partial charge in [0.1, 0.15) is 6.10 Å². The summed E-state index contributed by atoms with van der Waals surface area (Å²) >= 11 is 0. The van der Waals surface area contributed by atoms with Crippen molar-refractivity contribution in [3.05, 3.63) is 65.2 Å². The highest BCUT2D eigenvalue weighted by atomic mass is 32.2. The quantitative estimate of drug-likeness (QED) is 0.567. The minimum Gasteiger partial charge on any atom is -0.344 e. The highest BCUT2D eigenvalue weighted by molar-refractivity contribution is 7.89. The number of fused-ring (bicyclic) bond motifs is 3. The zero-order valence-corrected chi connectivity index (χ0v) is 17.3. The molecular weight excluding hydrogens is 422 g/mol. The van der Waals surface area contributed by atoms with Crippen molar-refractivity contribution < 1.29 is 27.5 Å². The van der Waals surface area contributed by atoms with Crippen molar-refractivity contribution in [2.45, 2.75) is 36.7 Å². The summed E-state index contributed by atoms with van der Waals surface area (Å²) in [4.78, 5) is 29.2. The van der Waals surface area contributed by atoms with Crippen LogP contribution < -0.4 is 4.83 Å². The van der Waals surface area contributed by atoms with Crippen molar-refractivity contribution in [3.8, 4) is 0 Å². The van der Waals surface area contributed by atoms with Crippen LogP contribution in [0, 0.1) is 6.92 Å². The van der Waals surface area contributed by atoms with Crippen LogP contribution in [0.4, 0.5) is 0 Å². The SMILES string of the molecule is Cc1ccc(S(=O)(=O)NN=C2C[C@H](N3C(=O)c4ccccc4C3=O)[C@H]3CO[C@@H]2O3)cc1. The molecule has 3 heterocycles. The van der Waals surface area contributed by atoms with Crippen LogP contribution in [-0.4, -0.2) is 55.9 Å². The maximum Gasteiger partial charge on any atom is 0.276 e. The molecule has 2 fully saturated rings. The topological polar surface area (TPSA) is 114 Å². The number of ether oxygens (including phenoxy) is 2. The lowest BCUT2D eigenvalue weighted by molar-refractivity contribution is -0.0376. The van der Waals surface area contributed by atoms with Gasteiger partial charge in [-0.05, 0) is 31.2 Å². The van der Waals surface area contributed by atoms with E-state index < -0.39 is 40.3 Å². The first kappa shape index (κ1) is 19.9. The number of carbonyl (C=O) groups is 2. The monoisotopic (exact) mass is 441 g/mol. The van der Waals surface area contributed by atoms with Crippen molar-refractivity contribution in [2.24, 2.45) is 5.10 Å². The summed E-state index contributed by atoms with van der Waals surface area (Å²) in [5.41, 5.74) is 1.88. The Bertz CT molecular complexity index is 1170. The average molecular weight is 441 g/mol. The lowest BCUT2D eigenvalue weighted by Gasteiger charge is -2.33. The Morgan fingerprint density at radius 3 is 2.32 bits per heavy atom. The standard InChI is InChI=1S/C21H19N3O6S/c1-12-6-8-13(9-7-12)31(27,28)23-22-16-10-17(18-11-29-21(16)30-18)24-19(25)14-4-2-3-5-15(14)20(24)26/h2-9,17-18,21,23H,10-11H2,1H3/t17-,18+,21+/m0/s1. The fourth-order valence-electron chi connectivity index (χ4n) is 3.99. The minimum atomic E-state index is -3.89. The molecule has 2 aromatic carbocycles. The summed E-state index contributed by atoms with van der Waals surface area (Å²) in [6, 6.07) is 12.3. The van der Waals surface area contributed by atoms with Crippen LogP contribution in [-0.2, 0) is 19.5 Å². The van der Waals surface area contributed by atoms with Crippen LogP contribution in [0.25, 0.3) is 0 Å². The molecule has 1 N–H and O–H groups in total. The second kappa shape index (κ2) is 7.26. The maximum absolute atomic E-state index is 12.9. The molecule has 0 aromatic heterocycles. The third-order valence-corrected chi connectivity index (χ3v) is 6.85. The third kappa shape index (κ3) is 3.32. The van der Waals surface area contributed by atoms with Crippen molar-refractivity contribution in [2.75, 3.05) is 6.61 Å². The predicted molar refractivity (Wildman–Crippen MR) is 109 cm³/mol. The number of aryl methyl sites for hydroxylation is 1. The summed E-state index contributed by atoms with van der Waals surface area (Å²) in [6.45, 7) is 2.03. The van der Waals surface area contributed by atoms with Crippen molar-refractivity contribution in [3.63, 3.8) is 0 Å². The van der Waals surface area contributed by atoms with E-state index in [4.69, 9.17) is 9.47 Å². The van der Waals surface area contributed by atoms with Gasteiger partial charge in [0.25, 0.3) is 21.8 Å². The largest absolute Gasteiger partial charge is 0.344 e. The van der Waals surface area contributed by atoms with Crippen LogP contribution in [0.5, 0.6) is 0 Å². The number of hydrogen-bond donors (Lipinski definition) is 1. The summed E-state index contributed by atoms with van der Waals surface area (Å²) in [7, 11) is -3.89. The van der Waals surface area contributed by atoms with Crippen molar-refractivity contribution in [1.29, 1.82) is 0 Å². The lowest BCUT2D eigenvalue weighted by Crippen LogP contribution is -2.52. The van der Waals surface area contributed by atoms with Gasteiger partial charge in [-0.25, -0.2) is 0 Å². The number of nitrogens with one attached hydrogen (secondary N) is 1. The van der Waals surface area contributed by atoms with Crippen LogP contribution in [0.2, 0.25) is 0 Å². The van der Waals surface area contributed by atoms with E-state index in [9.17, 15) is 18.0 Å². The van der Waals surface area contributed by atoms with Crippen molar-refractivity contribution in [1.82, 2.24) is 9.73 Å². The summed E-state index contributed by atoms with van der Waals surface area (Å²) in [5.74, 6) is -0.807. The van der Waals surface area contributed by atoms with Gasteiger partial charge >= 0.3 is 0 Å². The highest BCUT2D eigenvalue weighted by Gasteiger charge is 2.50. The van der Waals surface area contributed by atoms with Gasteiger partial charge in [-0.15, -0.1) is 0 Å². The summed E-state index contributed by atoms with van der Waals surface area (Å²) in [6.07, 6.45) is -1.17. The Hall–Kier alpha value is -3.08. The van der Waals surface area contributed by atoms with Crippen LogP contribution in [0.15, 0.2) is 58.5 Å². The molecular formula is C21H19N3O6S. The van der Waals surface area contributed by atoms with Crippen LogP contribution in [0.1, 0.15) is 32.7 Å². The average Bonchev–Trinajstić information content (AvgIpc) is 3.29. The number of carbonyl (C=O) groups excluding carboxylic acids is 2. The molecule has 3 aliphatic heterocycles. The molecule has 5 rings (SSSR count). The number of hydrazone groups is 1. The third-order valence-electron chi connectivity index (χ3n) is 5.63. The predicted octanol–water partition coefficient (Wildman–Crippen LogP) is 1.44. The zero-order chi connectivity index (χ0) is 21.8. The van der Waals surface area contributed by atoms with E-state index in [-0.39, 0.29) is 23.6 Å². The molecule has 0 unspecified atom stereocenters. The smallest absolute Gasteiger partial charge is 0.276 e. The summed E-state index contributed by atoms with van der Waals surface area (Å²) in [5, 5.41) is 4.03. The van der Waals surface area contributed by atoms with Gasteiger partial charge in [0.2, 0.25) is 0 Å². The fraction of sp³-hybridized carbons (Fsp3) is 0.286. The van der Waals surface area contributed by atoms with Crippen LogP contribution >= 0.6 is 0 Å². The summed E-state index contributed by atoms with van der Waals surface area (Å²) < 4.78 is 36.5. The van der Waals surface area contributed by atoms with Gasteiger partial charge in [0.15, 0.2) is 6.29 Å². The van der Waals surface area contributed by atoms with Gasteiger partial charge in [0, 0.05) is 6.42 Å². The molecule has 2 saturated heterocycles. The maximum atomic E-state index is 12.9. The van der Waals surface area contributed by atoms with Gasteiger partial charge in [-0.3, -0.25) is 14.5 Å². The number of nitrogens with zero attached hydrogens (tertiary/aromatic N) is 2. The Kier molecular flexibility index (Phi) is 4.65. The highest BCUT2D eigenvalue weighted by Crippen LogP contribution is 2.34. The molecule has 9 nitrogen and oxygen atoms in total. The molecule has 3 aliphatic rings.